The molecular weight excluding hydrogens is 188 g/mol. The molecule has 3 heteroatoms. The van der Waals surface area contributed by atoms with Crippen LogP contribution in [0, 0.1) is 5.92 Å². The number of ether oxygens (including phenoxy) is 1. The normalized spacial score (nSPS) is 28.5. The molecule has 0 atom stereocenters. The first-order chi connectivity index (χ1) is 6.22. The third kappa shape index (κ3) is 3.99. The summed E-state index contributed by atoms with van der Waals surface area (Å²) in [4.78, 5) is 10.5. The Balaban J connectivity index is 2.18. The molecule has 0 spiro atoms. The summed E-state index contributed by atoms with van der Waals surface area (Å²) in [6, 6.07) is 0. The summed E-state index contributed by atoms with van der Waals surface area (Å²) < 4.78 is 4.94. The van der Waals surface area contributed by atoms with Crippen molar-refractivity contribution in [2.45, 2.75) is 51.6 Å². The molecule has 0 aliphatic heterocycles. The zero-order valence-electron chi connectivity index (χ0n) is 8.09. The summed E-state index contributed by atoms with van der Waals surface area (Å²) in [5.41, 5.74) is -0.654. The van der Waals surface area contributed by atoms with Gasteiger partial charge in [0.15, 0.2) is 0 Å². The highest BCUT2D eigenvalue weighted by atomic mass is 35.5. The molecule has 1 aliphatic carbocycles. The van der Waals surface area contributed by atoms with E-state index >= 15 is 0 Å². The van der Waals surface area contributed by atoms with E-state index in [2.05, 4.69) is 6.92 Å². The SMILES string of the molecule is CCC[C@H]1CC[C@H](OC(=O)Cl)CC1. The molecule has 0 radical (unpaired) electrons. The van der Waals surface area contributed by atoms with Crippen molar-refractivity contribution < 1.29 is 9.53 Å². The van der Waals surface area contributed by atoms with Crippen LogP contribution < -0.4 is 0 Å². The van der Waals surface area contributed by atoms with Crippen molar-refractivity contribution in [3.63, 3.8) is 0 Å². The van der Waals surface area contributed by atoms with Gasteiger partial charge in [0.2, 0.25) is 0 Å². The largest absolute Gasteiger partial charge is 0.450 e. The Morgan fingerprint density at radius 2 is 2.00 bits per heavy atom. The molecule has 1 fully saturated rings. The highest BCUT2D eigenvalue weighted by molar-refractivity contribution is 6.61. The molecule has 0 aromatic rings. The van der Waals surface area contributed by atoms with E-state index in [0.717, 1.165) is 18.8 Å². The van der Waals surface area contributed by atoms with Gasteiger partial charge in [0.05, 0.1) is 0 Å². The van der Waals surface area contributed by atoms with E-state index in [1.165, 1.54) is 25.7 Å². The molecule has 0 heterocycles. The van der Waals surface area contributed by atoms with Crippen LogP contribution in [-0.2, 0) is 4.74 Å². The third-order valence-corrected chi connectivity index (χ3v) is 2.84. The number of hydrogen-bond donors (Lipinski definition) is 0. The Morgan fingerprint density at radius 1 is 1.38 bits per heavy atom. The fourth-order valence-electron chi connectivity index (χ4n) is 2.08. The van der Waals surface area contributed by atoms with Crippen LogP contribution in [0.15, 0.2) is 0 Å². The van der Waals surface area contributed by atoms with E-state index in [4.69, 9.17) is 16.3 Å². The van der Waals surface area contributed by atoms with Gasteiger partial charge in [-0.2, -0.15) is 0 Å². The Hall–Kier alpha value is -0.240. The maximum atomic E-state index is 10.5. The van der Waals surface area contributed by atoms with Crippen molar-refractivity contribution in [3.8, 4) is 0 Å². The van der Waals surface area contributed by atoms with E-state index in [-0.39, 0.29) is 6.10 Å². The first kappa shape index (κ1) is 10.8. The van der Waals surface area contributed by atoms with Crippen molar-refractivity contribution in [2.24, 2.45) is 5.92 Å². The highest BCUT2D eigenvalue weighted by Gasteiger charge is 2.22. The Labute approximate surface area is 84.6 Å². The summed E-state index contributed by atoms with van der Waals surface area (Å²) in [7, 11) is 0. The molecule has 0 bridgehead atoms. The minimum absolute atomic E-state index is 0.0816. The van der Waals surface area contributed by atoms with Gasteiger partial charge in [-0.05, 0) is 31.6 Å². The number of carbonyl (C=O) groups excluding carboxylic acids is 1. The molecular formula is C10H17ClO2. The first-order valence-electron chi connectivity index (χ1n) is 5.08. The van der Waals surface area contributed by atoms with Gasteiger partial charge >= 0.3 is 5.43 Å². The molecule has 0 unspecified atom stereocenters. The van der Waals surface area contributed by atoms with Gasteiger partial charge in [0.1, 0.15) is 6.10 Å². The Bertz CT molecular complexity index is 162. The molecule has 1 aliphatic rings. The van der Waals surface area contributed by atoms with Crippen molar-refractivity contribution >= 4 is 17.0 Å². The Morgan fingerprint density at radius 3 is 2.46 bits per heavy atom. The Kier molecular flexibility index (Phi) is 4.57. The van der Waals surface area contributed by atoms with E-state index in [1.807, 2.05) is 0 Å². The van der Waals surface area contributed by atoms with E-state index < -0.39 is 5.43 Å². The van der Waals surface area contributed by atoms with Crippen LogP contribution in [0.25, 0.3) is 0 Å². The minimum atomic E-state index is -0.654. The van der Waals surface area contributed by atoms with Crippen molar-refractivity contribution in [1.82, 2.24) is 0 Å². The lowest BCUT2D eigenvalue weighted by atomic mass is 9.85. The molecule has 0 N–H and O–H groups in total. The molecule has 13 heavy (non-hydrogen) atoms. The van der Waals surface area contributed by atoms with Crippen LogP contribution in [0.4, 0.5) is 4.79 Å². The second kappa shape index (κ2) is 5.48. The predicted octanol–water partition coefficient (Wildman–Crippen LogP) is 3.72. The summed E-state index contributed by atoms with van der Waals surface area (Å²) in [5, 5.41) is 0. The molecule has 0 amide bonds. The monoisotopic (exact) mass is 204 g/mol. The fraction of sp³-hybridized carbons (Fsp3) is 0.900. The lowest BCUT2D eigenvalue weighted by molar-refractivity contribution is 0.0808. The van der Waals surface area contributed by atoms with Gasteiger partial charge in [-0.3, -0.25) is 0 Å². The van der Waals surface area contributed by atoms with Crippen LogP contribution in [0.2, 0.25) is 0 Å². The molecule has 0 aromatic carbocycles. The summed E-state index contributed by atoms with van der Waals surface area (Å²) in [5.74, 6) is 0.843. The zero-order valence-corrected chi connectivity index (χ0v) is 8.85. The van der Waals surface area contributed by atoms with Gasteiger partial charge in [0, 0.05) is 11.6 Å². The average molecular weight is 205 g/mol. The molecule has 0 saturated heterocycles. The maximum Gasteiger partial charge on any atom is 0.404 e. The highest BCUT2D eigenvalue weighted by Crippen LogP contribution is 2.29. The standard InChI is InChI=1S/C10H17ClO2/c1-2-3-8-4-6-9(7-5-8)13-10(11)12/h8-9H,2-7H2,1H3/t8-,9-. The summed E-state index contributed by atoms with van der Waals surface area (Å²) >= 11 is 5.15. The number of rotatable bonds is 3. The van der Waals surface area contributed by atoms with E-state index in [0.29, 0.717) is 0 Å². The quantitative estimate of drug-likeness (QED) is 0.655. The van der Waals surface area contributed by atoms with Gasteiger partial charge < -0.3 is 4.74 Å². The van der Waals surface area contributed by atoms with Crippen molar-refractivity contribution in [2.75, 3.05) is 0 Å². The average Bonchev–Trinajstić information content (AvgIpc) is 2.08. The smallest absolute Gasteiger partial charge is 0.404 e. The van der Waals surface area contributed by atoms with Crippen LogP contribution in [0.1, 0.15) is 45.4 Å². The number of hydrogen-bond acceptors (Lipinski definition) is 2. The lowest BCUT2D eigenvalue weighted by Crippen LogP contribution is -2.22. The van der Waals surface area contributed by atoms with Crippen LogP contribution in [-0.4, -0.2) is 11.5 Å². The lowest BCUT2D eigenvalue weighted by Gasteiger charge is -2.27. The second-order valence-electron chi connectivity index (χ2n) is 3.79. The van der Waals surface area contributed by atoms with Crippen molar-refractivity contribution in [3.05, 3.63) is 0 Å². The third-order valence-electron chi connectivity index (χ3n) is 2.75. The molecule has 1 saturated carbocycles. The predicted molar refractivity (Wildman–Crippen MR) is 53.0 cm³/mol. The second-order valence-corrected chi connectivity index (χ2v) is 4.10. The molecule has 2 nitrogen and oxygen atoms in total. The fourth-order valence-corrected chi connectivity index (χ4v) is 2.20. The number of carbonyl (C=O) groups is 1. The number of halogens is 1. The van der Waals surface area contributed by atoms with Gasteiger partial charge in [-0.1, -0.05) is 19.8 Å². The minimum Gasteiger partial charge on any atom is -0.450 e. The summed E-state index contributed by atoms with van der Waals surface area (Å²) in [6.07, 6.45) is 6.99. The van der Waals surface area contributed by atoms with Crippen LogP contribution in [0.3, 0.4) is 0 Å². The first-order valence-corrected chi connectivity index (χ1v) is 5.46. The van der Waals surface area contributed by atoms with Crippen LogP contribution in [0.5, 0.6) is 0 Å². The van der Waals surface area contributed by atoms with Gasteiger partial charge in [-0.25, -0.2) is 4.79 Å². The summed E-state index contributed by atoms with van der Waals surface area (Å²) in [6.45, 7) is 2.21. The maximum absolute atomic E-state index is 10.5. The van der Waals surface area contributed by atoms with Crippen molar-refractivity contribution in [1.29, 1.82) is 0 Å². The topological polar surface area (TPSA) is 26.3 Å². The molecule has 0 aromatic heterocycles. The molecule has 1 rings (SSSR count). The zero-order chi connectivity index (χ0) is 9.68. The van der Waals surface area contributed by atoms with E-state index in [1.54, 1.807) is 0 Å². The molecule has 76 valence electrons. The van der Waals surface area contributed by atoms with E-state index in [9.17, 15) is 4.79 Å². The van der Waals surface area contributed by atoms with Crippen LogP contribution >= 0.6 is 11.6 Å². The van der Waals surface area contributed by atoms with Gasteiger partial charge in [0.25, 0.3) is 0 Å². The van der Waals surface area contributed by atoms with Gasteiger partial charge in [-0.15, -0.1) is 0 Å².